The van der Waals surface area contributed by atoms with E-state index in [-0.39, 0.29) is 0 Å². The Morgan fingerprint density at radius 2 is 1.94 bits per heavy atom. The third-order valence-electron chi connectivity index (χ3n) is 2.81. The van der Waals surface area contributed by atoms with Crippen molar-refractivity contribution < 1.29 is 0 Å². The van der Waals surface area contributed by atoms with Gasteiger partial charge in [-0.25, -0.2) is 0 Å². The summed E-state index contributed by atoms with van der Waals surface area (Å²) in [4.78, 5) is 0. The molecule has 2 aromatic rings. The first-order valence-corrected chi connectivity index (χ1v) is 6.32. The van der Waals surface area contributed by atoms with Crippen molar-refractivity contribution in [2.45, 2.75) is 20.4 Å². The van der Waals surface area contributed by atoms with E-state index in [0.717, 1.165) is 22.4 Å². The van der Waals surface area contributed by atoms with Crippen molar-refractivity contribution in [3.05, 3.63) is 46.1 Å². The molecular formula is C14H13BrN2. The molecule has 1 aromatic carbocycles. The summed E-state index contributed by atoms with van der Waals surface area (Å²) in [6.45, 7) is 4.97. The van der Waals surface area contributed by atoms with Crippen LogP contribution in [0.2, 0.25) is 0 Å². The lowest BCUT2D eigenvalue weighted by Gasteiger charge is -2.09. The van der Waals surface area contributed by atoms with Gasteiger partial charge in [0.1, 0.15) is 6.07 Å². The van der Waals surface area contributed by atoms with Crippen molar-refractivity contribution in [2.24, 2.45) is 0 Å². The molecule has 17 heavy (non-hydrogen) atoms. The molecule has 0 N–H and O–H groups in total. The third kappa shape index (κ3) is 2.13. The fraction of sp³-hybridized carbons (Fsp3) is 0.214. The highest BCUT2D eigenvalue weighted by atomic mass is 79.9. The van der Waals surface area contributed by atoms with Crippen molar-refractivity contribution >= 4 is 15.9 Å². The molecule has 0 aliphatic heterocycles. The van der Waals surface area contributed by atoms with E-state index in [2.05, 4.69) is 64.7 Å². The first-order valence-electron chi connectivity index (χ1n) is 5.53. The molecule has 0 atom stereocenters. The molecule has 0 saturated carbocycles. The summed E-state index contributed by atoms with van der Waals surface area (Å²) in [5.41, 5.74) is 4.00. The molecule has 0 spiro atoms. The molecule has 0 radical (unpaired) electrons. The van der Waals surface area contributed by atoms with E-state index in [1.54, 1.807) is 0 Å². The minimum Gasteiger partial charge on any atom is -0.334 e. The van der Waals surface area contributed by atoms with Crippen LogP contribution in [0.4, 0.5) is 0 Å². The lowest BCUT2D eigenvalue weighted by Crippen LogP contribution is -1.98. The molecular weight excluding hydrogens is 276 g/mol. The average molecular weight is 289 g/mol. The van der Waals surface area contributed by atoms with Gasteiger partial charge in [-0.3, -0.25) is 0 Å². The topological polar surface area (TPSA) is 28.7 Å². The van der Waals surface area contributed by atoms with Crippen LogP contribution in [0.5, 0.6) is 0 Å². The van der Waals surface area contributed by atoms with Crippen molar-refractivity contribution in [1.82, 2.24) is 4.57 Å². The number of hydrogen-bond acceptors (Lipinski definition) is 1. The maximum atomic E-state index is 9.18. The predicted molar refractivity (Wildman–Crippen MR) is 72.7 cm³/mol. The van der Waals surface area contributed by atoms with E-state index in [4.69, 9.17) is 0 Å². The molecule has 3 heteroatoms. The quantitative estimate of drug-likeness (QED) is 0.817. The molecule has 2 nitrogen and oxygen atoms in total. The normalized spacial score (nSPS) is 10.2. The highest BCUT2D eigenvalue weighted by Crippen LogP contribution is 2.30. The summed E-state index contributed by atoms with van der Waals surface area (Å²) in [7, 11) is 0. The van der Waals surface area contributed by atoms with Gasteiger partial charge < -0.3 is 4.57 Å². The lowest BCUT2D eigenvalue weighted by molar-refractivity contribution is 0.759. The number of aryl methyl sites for hydroxylation is 1. The number of hydrogen-bond donors (Lipinski definition) is 0. The largest absolute Gasteiger partial charge is 0.334 e. The predicted octanol–water partition coefficient (Wildman–Crippen LogP) is 4.12. The van der Waals surface area contributed by atoms with Gasteiger partial charge >= 0.3 is 0 Å². The number of rotatable bonds is 2. The van der Waals surface area contributed by atoms with Gasteiger partial charge in [-0.05, 0) is 41.4 Å². The average Bonchev–Trinajstić information content (AvgIpc) is 2.66. The summed E-state index contributed by atoms with van der Waals surface area (Å²) in [5, 5.41) is 9.18. The second-order valence-electron chi connectivity index (χ2n) is 3.95. The van der Waals surface area contributed by atoms with Crippen molar-refractivity contribution in [2.75, 3.05) is 0 Å². The molecule has 0 fully saturated rings. The summed E-state index contributed by atoms with van der Waals surface area (Å²) >= 11 is 3.49. The van der Waals surface area contributed by atoms with Gasteiger partial charge in [0, 0.05) is 6.54 Å². The van der Waals surface area contributed by atoms with Gasteiger partial charge in [0.05, 0.1) is 15.9 Å². The van der Waals surface area contributed by atoms with Crippen LogP contribution >= 0.6 is 15.9 Å². The molecule has 86 valence electrons. The van der Waals surface area contributed by atoms with E-state index in [1.807, 2.05) is 6.07 Å². The second kappa shape index (κ2) is 4.77. The summed E-state index contributed by atoms with van der Waals surface area (Å²) in [6, 6.07) is 12.4. The minimum atomic E-state index is 0.711. The van der Waals surface area contributed by atoms with Crippen LogP contribution in [0.1, 0.15) is 18.1 Å². The molecule has 1 heterocycles. The van der Waals surface area contributed by atoms with Gasteiger partial charge in [0.25, 0.3) is 0 Å². The van der Waals surface area contributed by atoms with E-state index < -0.39 is 0 Å². The Kier molecular flexibility index (Phi) is 3.35. The van der Waals surface area contributed by atoms with Crippen LogP contribution in [0.15, 0.2) is 34.9 Å². The molecule has 2 rings (SSSR count). The zero-order chi connectivity index (χ0) is 12.4. The van der Waals surface area contributed by atoms with Crippen molar-refractivity contribution in [3.8, 4) is 17.3 Å². The Morgan fingerprint density at radius 3 is 2.47 bits per heavy atom. The van der Waals surface area contributed by atoms with Crippen molar-refractivity contribution in [3.63, 3.8) is 0 Å². The zero-order valence-electron chi connectivity index (χ0n) is 9.87. The van der Waals surface area contributed by atoms with Crippen LogP contribution < -0.4 is 0 Å². The second-order valence-corrected chi connectivity index (χ2v) is 4.76. The number of nitrogens with zero attached hydrogens (tertiary/aromatic N) is 2. The summed E-state index contributed by atoms with van der Waals surface area (Å²) in [5.74, 6) is 0. The van der Waals surface area contributed by atoms with Gasteiger partial charge in [0.2, 0.25) is 0 Å². The van der Waals surface area contributed by atoms with Gasteiger partial charge in [-0.2, -0.15) is 5.26 Å². The molecule has 1 aromatic heterocycles. The molecule has 0 unspecified atom stereocenters. The number of aromatic nitrogens is 1. The highest BCUT2D eigenvalue weighted by Gasteiger charge is 2.13. The molecule has 0 aliphatic rings. The lowest BCUT2D eigenvalue weighted by atomic mass is 10.1. The maximum Gasteiger partial charge on any atom is 0.101 e. The smallest absolute Gasteiger partial charge is 0.101 e. The van der Waals surface area contributed by atoms with Crippen LogP contribution in [0, 0.1) is 18.3 Å². The Balaban J connectivity index is 2.65. The number of halogens is 1. The van der Waals surface area contributed by atoms with E-state index >= 15 is 0 Å². The van der Waals surface area contributed by atoms with E-state index in [9.17, 15) is 5.26 Å². The monoisotopic (exact) mass is 288 g/mol. The zero-order valence-corrected chi connectivity index (χ0v) is 11.5. The summed E-state index contributed by atoms with van der Waals surface area (Å²) in [6.07, 6.45) is 0. The molecule has 0 bridgehead atoms. The maximum absolute atomic E-state index is 9.18. The Labute approximate surface area is 110 Å². The standard InChI is InChI=1S/C14H13BrN2/c1-3-17-13(15)8-12(9-16)14(17)11-6-4-10(2)5-7-11/h4-8H,3H2,1-2H3. The Hall–Kier alpha value is -1.53. The highest BCUT2D eigenvalue weighted by molar-refractivity contribution is 9.10. The van der Waals surface area contributed by atoms with E-state index in [1.165, 1.54) is 5.56 Å². The first kappa shape index (κ1) is 11.9. The first-order chi connectivity index (χ1) is 8.17. The van der Waals surface area contributed by atoms with Crippen LogP contribution in [-0.2, 0) is 6.54 Å². The summed E-state index contributed by atoms with van der Waals surface area (Å²) < 4.78 is 3.05. The molecule has 0 amide bonds. The van der Waals surface area contributed by atoms with Gasteiger partial charge in [0.15, 0.2) is 0 Å². The fourth-order valence-corrected chi connectivity index (χ4v) is 2.59. The SMILES string of the molecule is CCn1c(Br)cc(C#N)c1-c1ccc(C)cc1. The van der Waals surface area contributed by atoms with Crippen LogP contribution in [0.3, 0.4) is 0 Å². The van der Waals surface area contributed by atoms with Crippen molar-refractivity contribution in [1.29, 1.82) is 5.26 Å². The number of nitriles is 1. The third-order valence-corrected chi connectivity index (χ3v) is 3.47. The van der Waals surface area contributed by atoms with E-state index in [0.29, 0.717) is 5.56 Å². The van der Waals surface area contributed by atoms with Gasteiger partial charge in [-0.1, -0.05) is 29.8 Å². The number of benzene rings is 1. The Morgan fingerprint density at radius 1 is 1.29 bits per heavy atom. The van der Waals surface area contributed by atoms with Crippen LogP contribution in [0.25, 0.3) is 11.3 Å². The van der Waals surface area contributed by atoms with Gasteiger partial charge in [-0.15, -0.1) is 0 Å². The molecule has 0 saturated heterocycles. The minimum absolute atomic E-state index is 0.711. The van der Waals surface area contributed by atoms with Crippen LogP contribution in [-0.4, -0.2) is 4.57 Å². The fourth-order valence-electron chi connectivity index (χ4n) is 1.93. The Bertz CT molecular complexity index is 574. The molecule has 0 aliphatic carbocycles.